The normalized spacial score (nSPS) is 21.6. The summed E-state index contributed by atoms with van der Waals surface area (Å²) in [6.45, 7) is 1.95. The Bertz CT molecular complexity index is 544. The molecule has 21 heavy (non-hydrogen) atoms. The first-order chi connectivity index (χ1) is 9.86. The highest BCUT2D eigenvalue weighted by Crippen LogP contribution is 2.35. The smallest absolute Gasteiger partial charge is 0.314 e. The molecule has 2 unspecified atom stereocenters. The van der Waals surface area contributed by atoms with Gasteiger partial charge >= 0.3 is 5.97 Å². The average Bonchev–Trinajstić information content (AvgIpc) is 2.96. The van der Waals surface area contributed by atoms with E-state index in [9.17, 15) is 26.7 Å². The average molecular weight is 308 g/mol. The molecule has 1 aliphatic carbocycles. The highest BCUT2D eigenvalue weighted by molar-refractivity contribution is 5.75. The third kappa shape index (κ3) is 2.87. The third-order valence-corrected chi connectivity index (χ3v) is 3.82. The number of esters is 1. The molecular weight excluding hydrogens is 295 g/mol. The van der Waals surface area contributed by atoms with E-state index in [2.05, 4.69) is 4.74 Å². The van der Waals surface area contributed by atoms with Crippen LogP contribution in [0.1, 0.15) is 32.6 Å². The summed E-state index contributed by atoms with van der Waals surface area (Å²) in [7, 11) is 0. The summed E-state index contributed by atoms with van der Waals surface area (Å²) in [6, 6.07) is 0. The highest BCUT2D eigenvalue weighted by atomic mass is 19.2. The molecule has 1 aliphatic rings. The summed E-state index contributed by atoms with van der Waals surface area (Å²) in [5, 5.41) is 0. The van der Waals surface area contributed by atoms with Crippen molar-refractivity contribution in [2.75, 3.05) is 0 Å². The predicted molar refractivity (Wildman–Crippen MR) is 63.0 cm³/mol. The molecule has 0 N–H and O–H groups in total. The molecule has 1 fully saturated rings. The molecule has 0 saturated heterocycles. The molecule has 0 radical (unpaired) electrons. The molecule has 7 heteroatoms. The molecule has 2 rings (SSSR count). The number of hydrogen-bond donors (Lipinski definition) is 0. The number of carbonyl (C=O) groups excluding carboxylic acids is 1. The van der Waals surface area contributed by atoms with Crippen molar-refractivity contribution in [3.05, 3.63) is 29.1 Å². The van der Waals surface area contributed by atoms with E-state index in [1.165, 1.54) is 0 Å². The first-order valence-corrected chi connectivity index (χ1v) is 6.59. The second-order valence-corrected chi connectivity index (χ2v) is 5.10. The maximum Gasteiger partial charge on any atom is 0.314 e. The molecule has 0 bridgehead atoms. The van der Waals surface area contributed by atoms with Crippen molar-refractivity contribution in [3.63, 3.8) is 0 Å². The van der Waals surface area contributed by atoms with E-state index in [4.69, 9.17) is 0 Å². The first kappa shape index (κ1) is 15.7. The van der Waals surface area contributed by atoms with Crippen LogP contribution in [0.4, 0.5) is 22.0 Å². The zero-order chi connectivity index (χ0) is 15.7. The standard InChI is InChI=1S/C14H13F5O2/c1-2-6-3-4-7(5-6)14(20)21-13-11(18)9(16)8(15)10(17)12(13)19/h6-7H,2-5H2,1H3. The van der Waals surface area contributed by atoms with Gasteiger partial charge in [0.25, 0.3) is 0 Å². The Kier molecular flexibility index (Phi) is 4.49. The Labute approximate surface area is 117 Å². The first-order valence-electron chi connectivity index (χ1n) is 6.59. The summed E-state index contributed by atoms with van der Waals surface area (Å²) in [6.07, 6.45) is 2.59. The number of hydrogen-bond acceptors (Lipinski definition) is 2. The van der Waals surface area contributed by atoms with Gasteiger partial charge in [-0.25, -0.2) is 13.2 Å². The van der Waals surface area contributed by atoms with Gasteiger partial charge < -0.3 is 4.74 Å². The zero-order valence-electron chi connectivity index (χ0n) is 11.2. The van der Waals surface area contributed by atoms with Crippen molar-refractivity contribution in [3.8, 4) is 5.75 Å². The van der Waals surface area contributed by atoms with Crippen LogP contribution in [0.2, 0.25) is 0 Å². The zero-order valence-corrected chi connectivity index (χ0v) is 11.2. The molecule has 1 aromatic carbocycles. The van der Waals surface area contributed by atoms with Crippen LogP contribution >= 0.6 is 0 Å². The molecule has 0 amide bonds. The molecule has 116 valence electrons. The van der Waals surface area contributed by atoms with E-state index in [0.29, 0.717) is 18.8 Å². The van der Waals surface area contributed by atoms with E-state index in [1.54, 1.807) is 0 Å². The minimum atomic E-state index is -2.28. The molecule has 1 saturated carbocycles. The van der Waals surface area contributed by atoms with E-state index < -0.39 is 46.7 Å². The summed E-state index contributed by atoms with van der Waals surface area (Å²) in [5.41, 5.74) is 0. The molecule has 0 aromatic heterocycles. The largest absolute Gasteiger partial charge is 0.420 e. The monoisotopic (exact) mass is 308 g/mol. The molecule has 2 atom stereocenters. The maximum absolute atomic E-state index is 13.4. The maximum atomic E-state index is 13.4. The van der Waals surface area contributed by atoms with Gasteiger partial charge in [-0.1, -0.05) is 13.3 Å². The lowest BCUT2D eigenvalue weighted by Crippen LogP contribution is -2.20. The fraction of sp³-hybridized carbons (Fsp3) is 0.500. The van der Waals surface area contributed by atoms with E-state index >= 15 is 0 Å². The molecule has 0 heterocycles. The van der Waals surface area contributed by atoms with Gasteiger partial charge in [0.15, 0.2) is 0 Å². The van der Waals surface area contributed by atoms with Crippen LogP contribution < -0.4 is 4.74 Å². The summed E-state index contributed by atoms with van der Waals surface area (Å²) < 4.78 is 70.1. The van der Waals surface area contributed by atoms with Crippen LogP contribution in [0, 0.1) is 40.9 Å². The van der Waals surface area contributed by atoms with E-state index in [0.717, 1.165) is 12.8 Å². The topological polar surface area (TPSA) is 26.3 Å². The number of halogens is 5. The second-order valence-electron chi connectivity index (χ2n) is 5.10. The van der Waals surface area contributed by atoms with Crippen molar-refractivity contribution in [2.24, 2.45) is 11.8 Å². The predicted octanol–water partition coefficient (Wildman–Crippen LogP) is 4.11. The number of rotatable bonds is 3. The Morgan fingerprint density at radius 1 is 1.00 bits per heavy atom. The lowest BCUT2D eigenvalue weighted by atomic mass is 10.0. The van der Waals surface area contributed by atoms with Crippen LogP contribution in [0.5, 0.6) is 5.75 Å². The molecule has 2 nitrogen and oxygen atoms in total. The van der Waals surface area contributed by atoms with Crippen molar-refractivity contribution >= 4 is 5.97 Å². The number of benzene rings is 1. The van der Waals surface area contributed by atoms with Crippen molar-refractivity contribution in [2.45, 2.75) is 32.6 Å². The SMILES string of the molecule is CCC1CCC(C(=O)Oc2c(F)c(F)c(F)c(F)c2F)C1. The number of ether oxygens (including phenoxy) is 1. The van der Waals surface area contributed by atoms with Gasteiger partial charge in [0.1, 0.15) is 0 Å². The van der Waals surface area contributed by atoms with Gasteiger partial charge in [-0.2, -0.15) is 8.78 Å². The van der Waals surface area contributed by atoms with Crippen molar-refractivity contribution in [1.82, 2.24) is 0 Å². The van der Waals surface area contributed by atoms with E-state index in [1.807, 2.05) is 6.92 Å². The number of carbonyl (C=O) groups is 1. The van der Waals surface area contributed by atoms with Gasteiger partial charge in [0.05, 0.1) is 5.92 Å². The molecule has 0 aliphatic heterocycles. The highest BCUT2D eigenvalue weighted by Gasteiger charge is 2.34. The quantitative estimate of drug-likeness (QED) is 0.276. The Balaban J connectivity index is 2.22. The summed E-state index contributed by atoms with van der Waals surface area (Å²) >= 11 is 0. The third-order valence-electron chi connectivity index (χ3n) is 3.82. The fourth-order valence-electron chi connectivity index (χ4n) is 2.52. The van der Waals surface area contributed by atoms with Crippen LogP contribution in [0.15, 0.2) is 0 Å². The van der Waals surface area contributed by atoms with Gasteiger partial charge in [-0.3, -0.25) is 4.79 Å². The lowest BCUT2D eigenvalue weighted by Gasteiger charge is -2.12. The minimum Gasteiger partial charge on any atom is -0.420 e. The Morgan fingerprint density at radius 2 is 1.52 bits per heavy atom. The Morgan fingerprint density at radius 3 is 2.00 bits per heavy atom. The van der Waals surface area contributed by atoms with E-state index in [-0.39, 0.29) is 0 Å². The second kappa shape index (κ2) is 5.99. The van der Waals surface area contributed by atoms with Gasteiger partial charge in [-0.15, -0.1) is 0 Å². The molecular formula is C14H13F5O2. The fourth-order valence-corrected chi connectivity index (χ4v) is 2.52. The molecule has 1 aromatic rings. The lowest BCUT2D eigenvalue weighted by molar-refractivity contribution is -0.139. The molecule has 0 spiro atoms. The van der Waals surface area contributed by atoms with Crippen LogP contribution in [-0.4, -0.2) is 5.97 Å². The summed E-state index contributed by atoms with van der Waals surface area (Å²) in [4.78, 5) is 11.8. The van der Waals surface area contributed by atoms with Gasteiger partial charge in [0, 0.05) is 0 Å². The van der Waals surface area contributed by atoms with Crippen LogP contribution in [0.3, 0.4) is 0 Å². The van der Waals surface area contributed by atoms with Crippen molar-refractivity contribution in [1.29, 1.82) is 0 Å². The summed E-state index contributed by atoms with van der Waals surface area (Å²) in [5.74, 6) is -13.6. The van der Waals surface area contributed by atoms with Gasteiger partial charge in [0.2, 0.25) is 34.8 Å². The minimum absolute atomic E-state index is 0.305. The van der Waals surface area contributed by atoms with Crippen LogP contribution in [0.25, 0.3) is 0 Å². The van der Waals surface area contributed by atoms with Crippen LogP contribution in [-0.2, 0) is 4.79 Å². The van der Waals surface area contributed by atoms with Crippen molar-refractivity contribution < 1.29 is 31.5 Å². The van der Waals surface area contributed by atoms with Gasteiger partial charge in [-0.05, 0) is 25.2 Å². The Hall–Kier alpha value is -1.66.